The summed E-state index contributed by atoms with van der Waals surface area (Å²) < 4.78 is 12.1. The Kier molecular flexibility index (Phi) is 27.3. The van der Waals surface area contributed by atoms with Crippen LogP contribution in [-0.4, -0.2) is 42.5 Å². The van der Waals surface area contributed by atoms with E-state index in [1.807, 2.05) is 0 Å². The van der Waals surface area contributed by atoms with Gasteiger partial charge in [-0.2, -0.15) is 0 Å². The van der Waals surface area contributed by atoms with Gasteiger partial charge in [0.25, 0.3) is 0 Å². The predicted octanol–water partition coefficient (Wildman–Crippen LogP) is 13.9. The van der Waals surface area contributed by atoms with Crippen molar-refractivity contribution in [3.63, 3.8) is 0 Å². The molecule has 0 saturated carbocycles. The summed E-state index contributed by atoms with van der Waals surface area (Å²) >= 11 is 0. The first kappa shape index (κ1) is 48.2. The minimum Gasteiger partial charge on any atom is -0.379 e. The summed E-state index contributed by atoms with van der Waals surface area (Å²) in [5.41, 5.74) is -0.702. The number of nitrogens with one attached hydrogen (secondary N) is 2. The topological polar surface area (TPSA) is 59.6 Å². The number of amides is 2. The highest BCUT2D eigenvalue weighted by atomic mass is 16.5. The fourth-order valence-electron chi connectivity index (χ4n) is 7.81. The van der Waals surface area contributed by atoms with Gasteiger partial charge < -0.3 is 20.1 Å². The molecule has 0 aliphatic heterocycles. The Morgan fingerprint density at radius 3 is 1.39 bits per heavy atom. The van der Waals surface area contributed by atoms with Crippen molar-refractivity contribution in [1.29, 1.82) is 0 Å². The van der Waals surface area contributed by atoms with Crippen molar-refractivity contribution in [2.24, 2.45) is 5.41 Å². The number of rotatable bonds is 34. The molecule has 0 heterocycles. The summed E-state index contributed by atoms with van der Waals surface area (Å²) in [6, 6.07) is 0.265. The number of carbonyl (C=O) groups is 1. The summed E-state index contributed by atoms with van der Waals surface area (Å²) in [6.07, 6.45) is 32.8. The highest BCUT2D eigenvalue weighted by molar-refractivity contribution is 5.75. The van der Waals surface area contributed by atoms with Gasteiger partial charge in [0.15, 0.2) is 0 Å². The number of urea groups is 1. The minimum absolute atomic E-state index is 0.00117. The molecule has 0 saturated heterocycles. The Morgan fingerprint density at radius 1 is 0.592 bits per heavy atom. The maximum absolute atomic E-state index is 13.5. The Balaban J connectivity index is 4.93. The van der Waals surface area contributed by atoms with Crippen molar-refractivity contribution in [3.05, 3.63) is 0 Å². The van der Waals surface area contributed by atoms with Gasteiger partial charge in [0, 0.05) is 18.7 Å². The molecule has 1 unspecified atom stereocenters. The fraction of sp³-hybridized carbons (Fsp3) is 0.977. The number of carbonyl (C=O) groups excluding carboxylic acids is 1. The largest absolute Gasteiger partial charge is 0.379 e. The average Bonchev–Trinajstić information content (AvgIpc) is 3.01. The minimum atomic E-state index is -0.320. The molecule has 0 rings (SSSR count). The number of ether oxygens (including phenoxy) is 2. The van der Waals surface area contributed by atoms with Gasteiger partial charge in [-0.1, -0.05) is 163 Å². The van der Waals surface area contributed by atoms with E-state index in [4.69, 9.17) is 9.47 Å². The molecule has 0 bridgehead atoms. The highest BCUT2D eigenvalue weighted by Crippen LogP contribution is 2.39. The van der Waals surface area contributed by atoms with E-state index in [9.17, 15) is 4.79 Å². The van der Waals surface area contributed by atoms with Gasteiger partial charge >= 0.3 is 6.03 Å². The van der Waals surface area contributed by atoms with Crippen molar-refractivity contribution in [2.75, 3.05) is 13.7 Å². The third-order valence-electron chi connectivity index (χ3n) is 10.8. The lowest BCUT2D eigenvalue weighted by Gasteiger charge is -2.42. The van der Waals surface area contributed by atoms with Gasteiger partial charge in [-0.15, -0.1) is 0 Å². The quantitative estimate of drug-likeness (QED) is 0.0659. The van der Waals surface area contributed by atoms with Gasteiger partial charge in [-0.25, -0.2) is 4.79 Å². The Bertz CT molecular complexity index is 756. The monoisotopic (exact) mass is 695 g/mol. The molecule has 0 aromatic heterocycles. The lowest BCUT2D eigenvalue weighted by molar-refractivity contribution is -0.0878. The molecule has 294 valence electrons. The van der Waals surface area contributed by atoms with Crippen LogP contribution in [-0.2, 0) is 9.47 Å². The van der Waals surface area contributed by atoms with E-state index in [0.717, 1.165) is 38.5 Å². The van der Waals surface area contributed by atoms with E-state index < -0.39 is 0 Å². The summed E-state index contributed by atoms with van der Waals surface area (Å²) in [7, 11) is 1.77. The van der Waals surface area contributed by atoms with Gasteiger partial charge in [0.05, 0.1) is 17.8 Å². The number of methoxy groups -OCH3 is 1. The molecule has 2 N–H and O–H groups in total. The molecule has 0 aliphatic carbocycles. The lowest BCUT2D eigenvalue weighted by atomic mass is 9.72. The molecule has 5 nitrogen and oxygen atoms in total. The van der Waals surface area contributed by atoms with E-state index in [-0.39, 0.29) is 34.2 Å². The molecule has 0 aliphatic rings. The van der Waals surface area contributed by atoms with Crippen LogP contribution in [0.5, 0.6) is 0 Å². The Hall–Kier alpha value is -0.810. The first-order chi connectivity index (χ1) is 23.1. The zero-order chi connectivity index (χ0) is 37.1. The molecule has 2 amide bonds. The number of hydrogen-bond donors (Lipinski definition) is 2. The van der Waals surface area contributed by atoms with Crippen molar-refractivity contribution >= 4 is 6.03 Å². The van der Waals surface area contributed by atoms with E-state index in [1.165, 1.54) is 128 Å². The Labute approximate surface area is 308 Å². The van der Waals surface area contributed by atoms with Crippen LogP contribution in [0.15, 0.2) is 0 Å². The van der Waals surface area contributed by atoms with Crippen LogP contribution in [0.3, 0.4) is 0 Å². The third kappa shape index (κ3) is 28.5. The highest BCUT2D eigenvalue weighted by Gasteiger charge is 2.37. The molecule has 49 heavy (non-hydrogen) atoms. The predicted molar refractivity (Wildman–Crippen MR) is 216 cm³/mol. The van der Waals surface area contributed by atoms with Crippen LogP contribution in [0, 0.1) is 5.41 Å². The maximum atomic E-state index is 13.5. The second-order valence-electron chi connectivity index (χ2n) is 18.0. The van der Waals surface area contributed by atoms with Gasteiger partial charge in [0.1, 0.15) is 0 Å². The second-order valence-corrected chi connectivity index (χ2v) is 18.0. The van der Waals surface area contributed by atoms with E-state index in [1.54, 1.807) is 7.11 Å². The van der Waals surface area contributed by atoms with Gasteiger partial charge in [-0.3, -0.25) is 0 Å². The smallest absolute Gasteiger partial charge is 0.315 e. The first-order valence-electron chi connectivity index (χ1n) is 21.4. The SMILES string of the molecule is CCCCCCCCCCCCC(CCCCCCCCCCCC)NC(=O)NC(C)(C)CC(C)(C)CC(C)(CC)OCCC(C)(C)OC. The maximum Gasteiger partial charge on any atom is 0.315 e. The average molecular weight is 695 g/mol. The van der Waals surface area contributed by atoms with Crippen LogP contribution >= 0.6 is 0 Å². The van der Waals surface area contributed by atoms with Crippen molar-refractivity contribution in [3.8, 4) is 0 Å². The zero-order valence-electron chi connectivity index (χ0n) is 35.4. The molecule has 0 fully saturated rings. The zero-order valence-corrected chi connectivity index (χ0v) is 35.4. The van der Waals surface area contributed by atoms with E-state index >= 15 is 0 Å². The molecule has 5 heteroatoms. The van der Waals surface area contributed by atoms with Crippen LogP contribution in [0.25, 0.3) is 0 Å². The van der Waals surface area contributed by atoms with E-state index in [0.29, 0.717) is 6.61 Å². The lowest BCUT2D eigenvalue weighted by Crippen LogP contribution is -2.53. The first-order valence-corrected chi connectivity index (χ1v) is 21.4. The molecule has 0 aromatic carbocycles. The van der Waals surface area contributed by atoms with Crippen LogP contribution in [0.4, 0.5) is 4.79 Å². The third-order valence-corrected chi connectivity index (χ3v) is 10.8. The summed E-state index contributed by atoms with van der Waals surface area (Å²) in [5.74, 6) is 0. The second kappa shape index (κ2) is 27.8. The summed E-state index contributed by atoms with van der Waals surface area (Å²) in [6.45, 7) is 23.0. The van der Waals surface area contributed by atoms with Gasteiger partial charge in [-0.05, 0) is 78.6 Å². The van der Waals surface area contributed by atoms with Crippen molar-refractivity contribution < 1.29 is 14.3 Å². The summed E-state index contributed by atoms with van der Waals surface area (Å²) in [4.78, 5) is 13.5. The molecule has 0 spiro atoms. The standard InChI is InChI=1S/C44H90N2O3/c1-12-15-17-19-21-23-25-27-29-31-33-39(34-32-30-28-26-24-22-20-18-16-13-2)45-40(47)46-42(6,7)37-41(4,5)38-44(10,14-3)49-36-35-43(8,9)48-11/h39H,12-38H2,1-11H3,(H2,45,46,47). The van der Waals surface area contributed by atoms with Crippen molar-refractivity contribution in [2.45, 2.75) is 259 Å². The molecular formula is C44H90N2O3. The number of hydrogen-bond acceptors (Lipinski definition) is 3. The normalized spacial score (nSPS) is 14.0. The fourth-order valence-corrected chi connectivity index (χ4v) is 7.81. The van der Waals surface area contributed by atoms with Crippen LogP contribution in [0.2, 0.25) is 0 Å². The van der Waals surface area contributed by atoms with E-state index in [2.05, 4.69) is 79.9 Å². The summed E-state index contributed by atoms with van der Waals surface area (Å²) in [5, 5.41) is 6.83. The molecule has 0 aromatic rings. The molecular weight excluding hydrogens is 604 g/mol. The Morgan fingerprint density at radius 2 is 1.00 bits per heavy atom. The number of unbranched alkanes of at least 4 members (excludes halogenated alkanes) is 18. The molecule has 1 atom stereocenters. The molecule has 0 radical (unpaired) electrons. The van der Waals surface area contributed by atoms with Crippen LogP contribution in [0.1, 0.15) is 236 Å². The van der Waals surface area contributed by atoms with Gasteiger partial charge in [0.2, 0.25) is 0 Å². The van der Waals surface area contributed by atoms with Crippen LogP contribution < -0.4 is 10.6 Å². The van der Waals surface area contributed by atoms with Crippen molar-refractivity contribution in [1.82, 2.24) is 10.6 Å².